The molecule has 1 aromatic carbocycles. The van der Waals surface area contributed by atoms with Crippen LogP contribution in [-0.2, 0) is 17.8 Å². The van der Waals surface area contributed by atoms with Gasteiger partial charge in [0.2, 0.25) is 5.91 Å². The van der Waals surface area contributed by atoms with Gasteiger partial charge < -0.3 is 10.0 Å². The number of hydrogen-bond acceptors (Lipinski definition) is 2. The highest BCUT2D eigenvalue weighted by molar-refractivity contribution is 5.88. The van der Waals surface area contributed by atoms with Crippen LogP contribution in [-0.4, -0.2) is 28.4 Å². The Balaban J connectivity index is 1.40. The molecular formula is C21H25NO3. The third-order valence-electron chi connectivity index (χ3n) is 7.24. The van der Waals surface area contributed by atoms with Crippen LogP contribution >= 0.6 is 0 Å². The number of carboxylic acid groups (broad SMARTS) is 1. The number of amides is 1. The first-order chi connectivity index (χ1) is 12.0. The van der Waals surface area contributed by atoms with Gasteiger partial charge in [-0.05, 0) is 86.0 Å². The molecule has 0 unspecified atom stereocenters. The van der Waals surface area contributed by atoms with Gasteiger partial charge in [-0.15, -0.1) is 0 Å². The van der Waals surface area contributed by atoms with Crippen molar-refractivity contribution in [2.24, 2.45) is 23.2 Å². The van der Waals surface area contributed by atoms with Gasteiger partial charge in [0.05, 0.1) is 11.0 Å². The normalized spacial score (nSPS) is 35.5. The largest absolute Gasteiger partial charge is 0.478 e. The summed E-state index contributed by atoms with van der Waals surface area (Å²) in [6.45, 7) is 1.36. The van der Waals surface area contributed by atoms with E-state index in [1.54, 1.807) is 12.1 Å². The zero-order valence-electron chi connectivity index (χ0n) is 14.5. The predicted octanol–water partition coefficient (Wildman–Crippen LogP) is 3.49. The van der Waals surface area contributed by atoms with E-state index >= 15 is 0 Å². The number of carbonyl (C=O) groups excluding carboxylic acids is 1. The van der Waals surface area contributed by atoms with Crippen LogP contribution in [0.4, 0.5) is 0 Å². The van der Waals surface area contributed by atoms with Crippen molar-refractivity contribution >= 4 is 11.9 Å². The lowest BCUT2D eigenvalue weighted by Gasteiger charge is -2.56. The molecule has 0 saturated heterocycles. The molecule has 4 nitrogen and oxygen atoms in total. The quantitative estimate of drug-likeness (QED) is 0.897. The molecule has 4 heteroatoms. The SMILES string of the molecule is O=C(O)c1ccc2c(c1)CN(C(=O)C13CC4CC(CC(C4)C1)C3)CC2. The van der Waals surface area contributed by atoms with Crippen LogP contribution in [0.3, 0.4) is 0 Å². The summed E-state index contributed by atoms with van der Waals surface area (Å²) in [6, 6.07) is 5.36. The summed E-state index contributed by atoms with van der Waals surface area (Å²) < 4.78 is 0. The average molecular weight is 339 g/mol. The van der Waals surface area contributed by atoms with Gasteiger partial charge in [0.25, 0.3) is 0 Å². The molecule has 1 aromatic rings. The highest BCUT2D eigenvalue weighted by Gasteiger charge is 2.55. The van der Waals surface area contributed by atoms with Gasteiger partial charge >= 0.3 is 5.97 Å². The zero-order valence-corrected chi connectivity index (χ0v) is 14.5. The fraction of sp³-hybridized carbons (Fsp3) is 0.619. The number of carbonyl (C=O) groups is 2. The van der Waals surface area contributed by atoms with Gasteiger partial charge in [-0.1, -0.05) is 6.07 Å². The van der Waals surface area contributed by atoms with Crippen molar-refractivity contribution in [2.75, 3.05) is 6.54 Å². The minimum atomic E-state index is -0.896. The van der Waals surface area contributed by atoms with Gasteiger partial charge in [0, 0.05) is 13.1 Å². The predicted molar refractivity (Wildman–Crippen MR) is 93.1 cm³/mol. The van der Waals surface area contributed by atoms with E-state index in [2.05, 4.69) is 0 Å². The summed E-state index contributed by atoms with van der Waals surface area (Å²) in [5.41, 5.74) is 2.43. The first kappa shape index (κ1) is 15.4. The lowest BCUT2D eigenvalue weighted by atomic mass is 9.49. The van der Waals surface area contributed by atoms with Crippen LogP contribution in [0.15, 0.2) is 18.2 Å². The van der Waals surface area contributed by atoms with Crippen LogP contribution in [0.25, 0.3) is 0 Å². The maximum absolute atomic E-state index is 13.5. The molecule has 4 saturated carbocycles. The number of aromatic carboxylic acids is 1. The number of carboxylic acids is 1. The Bertz CT molecular complexity index is 718. The van der Waals surface area contributed by atoms with Gasteiger partial charge in [-0.3, -0.25) is 4.79 Å². The molecule has 5 aliphatic rings. The Morgan fingerprint density at radius 1 is 1.00 bits per heavy atom. The molecule has 6 rings (SSSR count). The average Bonchev–Trinajstić information content (AvgIpc) is 2.59. The highest BCUT2D eigenvalue weighted by Crippen LogP contribution is 2.60. The number of fused-ring (bicyclic) bond motifs is 1. The molecule has 1 amide bonds. The minimum Gasteiger partial charge on any atom is -0.478 e. The second-order valence-corrected chi connectivity index (χ2v) is 8.96. The number of rotatable bonds is 2. The first-order valence-electron chi connectivity index (χ1n) is 9.67. The van der Waals surface area contributed by atoms with E-state index in [1.165, 1.54) is 24.8 Å². The fourth-order valence-corrected chi connectivity index (χ4v) is 6.57. The van der Waals surface area contributed by atoms with Crippen LogP contribution in [0, 0.1) is 23.2 Å². The van der Waals surface area contributed by atoms with Crippen LogP contribution in [0.1, 0.15) is 60.0 Å². The molecule has 4 aliphatic carbocycles. The monoisotopic (exact) mass is 339 g/mol. The summed E-state index contributed by atoms with van der Waals surface area (Å²) in [6.07, 6.45) is 8.16. The summed E-state index contributed by atoms with van der Waals surface area (Å²) >= 11 is 0. The third-order valence-corrected chi connectivity index (χ3v) is 7.24. The molecule has 0 atom stereocenters. The van der Waals surface area contributed by atoms with E-state index in [4.69, 9.17) is 0 Å². The van der Waals surface area contributed by atoms with Crippen molar-refractivity contribution in [3.8, 4) is 0 Å². The summed E-state index contributed by atoms with van der Waals surface area (Å²) in [7, 11) is 0. The van der Waals surface area contributed by atoms with Crippen molar-refractivity contribution in [1.82, 2.24) is 4.90 Å². The maximum Gasteiger partial charge on any atom is 0.335 e. The lowest BCUT2D eigenvalue weighted by Crippen LogP contribution is -2.55. The molecule has 1 heterocycles. The van der Waals surface area contributed by atoms with Gasteiger partial charge in [-0.25, -0.2) is 4.79 Å². The Kier molecular flexibility index (Phi) is 3.28. The van der Waals surface area contributed by atoms with Crippen molar-refractivity contribution in [2.45, 2.75) is 51.5 Å². The van der Waals surface area contributed by atoms with E-state index in [0.717, 1.165) is 55.5 Å². The number of hydrogen-bond donors (Lipinski definition) is 1. The third kappa shape index (κ3) is 2.41. The van der Waals surface area contributed by atoms with Crippen molar-refractivity contribution < 1.29 is 14.7 Å². The molecule has 132 valence electrons. The standard InChI is InChI=1S/C21H25NO3/c23-19(24)17-2-1-16-3-4-22(12-18(16)8-17)20(25)21-9-13-5-14(10-21)7-15(6-13)11-21/h1-2,8,13-15H,3-7,9-12H2,(H,23,24). The van der Waals surface area contributed by atoms with Crippen LogP contribution in [0.2, 0.25) is 0 Å². The smallest absolute Gasteiger partial charge is 0.335 e. The molecular weight excluding hydrogens is 314 g/mol. The van der Waals surface area contributed by atoms with Gasteiger partial charge in [0.15, 0.2) is 0 Å². The second kappa shape index (κ2) is 5.33. The van der Waals surface area contributed by atoms with E-state index in [1.807, 2.05) is 11.0 Å². The maximum atomic E-state index is 13.5. The Hall–Kier alpha value is -1.84. The molecule has 0 aromatic heterocycles. The molecule has 1 N–H and O–H groups in total. The lowest BCUT2D eigenvalue weighted by molar-refractivity contribution is -0.158. The Labute approximate surface area is 148 Å². The molecule has 4 bridgehead atoms. The van der Waals surface area contributed by atoms with Crippen molar-refractivity contribution in [3.63, 3.8) is 0 Å². The molecule has 0 radical (unpaired) electrons. The minimum absolute atomic E-state index is 0.101. The number of benzene rings is 1. The molecule has 25 heavy (non-hydrogen) atoms. The molecule has 4 fully saturated rings. The topological polar surface area (TPSA) is 57.6 Å². The highest BCUT2D eigenvalue weighted by atomic mass is 16.4. The van der Waals surface area contributed by atoms with Gasteiger partial charge in [0.1, 0.15) is 0 Å². The van der Waals surface area contributed by atoms with Gasteiger partial charge in [-0.2, -0.15) is 0 Å². The summed E-state index contributed by atoms with van der Waals surface area (Å²) in [4.78, 5) is 26.8. The zero-order chi connectivity index (χ0) is 17.2. The second-order valence-electron chi connectivity index (χ2n) is 8.96. The molecule has 0 spiro atoms. The summed E-state index contributed by atoms with van der Waals surface area (Å²) in [5, 5.41) is 9.23. The van der Waals surface area contributed by atoms with E-state index in [0.29, 0.717) is 18.0 Å². The van der Waals surface area contributed by atoms with Crippen molar-refractivity contribution in [3.05, 3.63) is 34.9 Å². The number of nitrogens with zero attached hydrogens (tertiary/aromatic N) is 1. The molecule has 1 aliphatic heterocycles. The van der Waals surface area contributed by atoms with E-state index in [9.17, 15) is 14.7 Å². The van der Waals surface area contributed by atoms with Crippen molar-refractivity contribution in [1.29, 1.82) is 0 Å². The van der Waals surface area contributed by atoms with Crippen LogP contribution < -0.4 is 0 Å². The fourth-order valence-electron chi connectivity index (χ4n) is 6.57. The van der Waals surface area contributed by atoms with Crippen LogP contribution in [0.5, 0.6) is 0 Å². The Morgan fingerprint density at radius 3 is 2.24 bits per heavy atom. The first-order valence-corrected chi connectivity index (χ1v) is 9.67. The van der Waals surface area contributed by atoms with E-state index < -0.39 is 5.97 Å². The summed E-state index contributed by atoms with van der Waals surface area (Å²) in [5.74, 6) is 1.77. The Morgan fingerprint density at radius 2 is 1.64 bits per heavy atom. The van der Waals surface area contributed by atoms with E-state index in [-0.39, 0.29) is 5.41 Å².